The fourth-order valence-electron chi connectivity index (χ4n) is 3.27. The molecule has 0 aliphatic carbocycles. The number of rotatable bonds is 6. The number of halogens is 1. The summed E-state index contributed by atoms with van der Waals surface area (Å²) in [5.41, 5.74) is 2.26. The van der Waals surface area contributed by atoms with Gasteiger partial charge in [0.15, 0.2) is 5.16 Å². The van der Waals surface area contributed by atoms with Crippen molar-refractivity contribution in [3.63, 3.8) is 0 Å². The maximum absolute atomic E-state index is 13.3. The minimum atomic E-state index is -0.353. The van der Waals surface area contributed by atoms with E-state index in [-0.39, 0.29) is 28.6 Å². The molecule has 2 aromatic heterocycles. The van der Waals surface area contributed by atoms with E-state index in [2.05, 4.69) is 10.3 Å². The zero-order valence-corrected chi connectivity index (χ0v) is 17.4. The number of carbonyl (C=O) groups is 1. The van der Waals surface area contributed by atoms with Crippen LogP contribution in [-0.2, 0) is 11.3 Å². The number of hydrogen-bond donors (Lipinski definition) is 1. The summed E-state index contributed by atoms with van der Waals surface area (Å²) in [6.45, 7) is 4.16. The van der Waals surface area contributed by atoms with E-state index in [0.29, 0.717) is 34.1 Å². The number of fused-ring (bicyclic) bond motifs is 3. The van der Waals surface area contributed by atoms with Gasteiger partial charge < -0.3 is 9.73 Å². The lowest BCUT2D eigenvalue weighted by Crippen LogP contribution is -2.23. The predicted octanol–water partition coefficient (Wildman–Crippen LogP) is 4.73. The molecule has 0 unspecified atom stereocenters. The number of aromatic nitrogens is 2. The van der Waals surface area contributed by atoms with Gasteiger partial charge in [0.05, 0.1) is 5.75 Å². The molecule has 1 N–H and O–H groups in total. The van der Waals surface area contributed by atoms with Crippen molar-refractivity contribution in [2.75, 3.05) is 11.1 Å². The van der Waals surface area contributed by atoms with E-state index in [1.807, 2.05) is 25.1 Å². The summed E-state index contributed by atoms with van der Waals surface area (Å²) >= 11 is 1.19. The number of benzene rings is 2. The zero-order valence-electron chi connectivity index (χ0n) is 16.6. The van der Waals surface area contributed by atoms with Crippen LogP contribution in [0.1, 0.15) is 18.9 Å². The van der Waals surface area contributed by atoms with Crippen molar-refractivity contribution in [2.24, 2.45) is 0 Å². The van der Waals surface area contributed by atoms with Crippen molar-refractivity contribution in [3.8, 4) is 0 Å². The molecule has 0 aliphatic rings. The van der Waals surface area contributed by atoms with Gasteiger partial charge in [-0.2, -0.15) is 0 Å². The quantitative estimate of drug-likeness (QED) is 0.357. The number of anilines is 1. The number of aryl methyl sites for hydroxylation is 1. The Bertz CT molecular complexity index is 1310. The van der Waals surface area contributed by atoms with Crippen LogP contribution in [0.3, 0.4) is 0 Å². The number of amides is 1. The molecule has 2 aromatic carbocycles. The lowest BCUT2D eigenvalue weighted by Gasteiger charge is -2.11. The van der Waals surface area contributed by atoms with E-state index < -0.39 is 0 Å². The molecular weight excluding hydrogens is 405 g/mol. The van der Waals surface area contributed by atoms with Gasteiger partial charge >= 0.3 is 0 Å². The molecule has 0 saturated carbocycles. The van der Waals surface area contributed by atoms with Crippen molar-refractivity contribution >= 4 is 45.4 Å². The van der Waals surface area contributed by atoms with Crippen LogP contribution in [0.5, 0.6) is 0 Å². The van der Waals surface area contributed by atoms with Gasteiger partial charge in [-0.1, -0.05) is 30.8 Å². The Labute approximate surface area is 176 Å². The number of carbonyl (C=O) groups excluding carboxylic acids is 1. The average Bonchev–Trinajstić information content (AvgIpc) is 3.10. The minimum absolute atomic E-state index is 0.0638. The minimum Gasteiger partial charge on any atom is -0.448 e. The number of furan rings is 1. The molecule has 2 heterocycles. The summed E-state index contributed by atoms with van der Waals surface area (Å²) in [4.78, 5) is 30.1. The maximum atomic E-state index is 13.3. The van der Waals surface area contributed by atoms with Crippen LogP contribution in [0, 0.1) is 12.7 Å². The van der Waals surface area contributed by atoms with Crippen molar-refractivity contribution in [2.45, 2.75) is 32.0 Å². The summed E-state index contributed by atoms with van der Waals surface area (Å²) in [5, 5.41) is 4.01. The molecule has 0 spiro atoms. The highest BCUT2D eigenvalue weighted by atomic mass is 32.2. The smallest absolute Gasteiger partial charge is 0.297 e. The van der Waals surface area contributed by atoms with Crippen molar-refractivity contribution in [1.82, 2.24) is 9.55 Å². The average molecular weight is 425 g/mol. The second-order valence-corrected chi connectivity index (χ2v) is 7.87. The van der Waals surface area contributed by atoms with Gasteiger partial charge in [-0.25, -0.2) is 9.37 Å². The van der Waals surface area contributed by atoms with Crippen molar-refractivity contribution < 1.29 is 13.6 Å². The molecular formula is C22H20FN3O3S. The summed E-state index contributed by atoms with van der Waals surface area (Å²) in [7, 11) is 0. The topological polar surface area (TPSA) is 77.1 Å². The van der Waals surface area contributed by atoms with E-state index in [1.54, 1.807) is 17.6 Å². The first-order chi connectivity index (χ1) is 14.5. The van der Waals surface area contributed by atoms with Crippen LogP contribution in [0.2, 0.25) is 0 Å². The lowest BCUT2D eigenvalue weighted by molar-refractivity contribution is -0.113. The monoisotopic (exact) mass is 425 g/mol. The van der Waals surface area contributed by atoms with Gasteiger partial charge in [0, 0.05) is 17.6 Å². The van der Waals surface area contributed by atoms with Crippen LogP contribution in [0.25, 0.3) is 22.1 Å². The predicted molar refractivity (Wildman–Crippen MR) is 117 cm³/mol. The molecule has 1 amide bonds. The Morgan fingerprint density at radius 1 is 1.27 bits per heavy atom. The number of para-hydroxylation sites is 1. The third-order valence-corrected chi connectivity index (χ3v) is 5.67. The molecule has 4 rings (SSSR count). The van der Waals surface area contributed by atoms with Gasteiger partial charge in [-0.3, -0.25) is 14.2 Å². The Kier molecular flexibility index (Phi) is 5.59. The summed E-state index contributed by atoms with van der Waals surface area (Å²) in [6, 6.07) is 11.5. The van der Waals surface area contributed by atoms with Crippen LogP contribution in [0.15, 0.2) is 56.8 Å². The third-order valence-electron chi connectivity index (χ3n) is 4.69. The largest absolute Gasteiger partial charge is 0.448 e. The second kappa shape index (κ2) is 8.31. The zero-order chi connectivity index (χ0) is 21.3. The van der Waals surface area contributed by atoms with Crippen LogP contribution >= 0.6 is 11.8 Å². The lowest BCUT2D eigenvalue weighted by atomic mass is 10.2. The Morgan fingerprint density at radius 3 is 2.83 bits per heavy atom. The molecule has 30 heavy (non-hydrogen) atoms. The van der Waals surface area contributed by atoms with Gasteiger partial charge in [0.25, 0.3) is 5.56 Å². The fraction of sp³-hybridized carbons (Fsp3) is 0.227. The van der Waals surface area contributed by atoms with Crippen molar-refractivity contribution in [3.05, 3.63) is 64.2 Å². The van der Waals surface area contributed by atoms with E-state index in [1.165, 1.54) is 30.0 Å². The standard InChI is InChI=1S/C22H20FN3O3S/c1-3-10-26-21(28)20-19(15-6-4-5-7-17(15)29-20)25-22(26)30-12-18(27)24-16-9-8-14(23)11-13(16)2/h4-9,11H,3,10,12H2,1-2H3,(H,24,27). The van der Waals surface area contributed by atoms with Gasteiger partial charge in [-0.15, -0.1) is 0 Å². The van der Waals surface area contributed by atoms with Gasteiger partial charge in [0.2, 0.25) is 11.5 Å². The normalized spacial score (nSPS) is 11.3. The molecule has 0 aliphatic heterocycles. The molecule has 0 radical (unpaired) electrons. The Hall–Kier alpha value is -3.13. The Morgan fingerprint density at radius 2 is 2.07 bits per heavy atom. The first-order valence-electron chi connectivity index (χ1n) is 9.58. The molecule has 154 valence electrons. The van der Waals surface area contributed by atoms with Crippen LogP contribution in [0.4, 0.5) is 10.1 Å². The highest BCUT2D eigenvalue weighted by Crippen LogP contribution is 2.27. The molecule has 0 saturated heterocycles. The number of hydrogen-bond acceptors (Lipinski definition) is 5. The first-order valence-corrected chi connectivity index (χ1v) is 10.6. The summed E-state index contributed by atoms with van der Waals surface area (Å²) in [5.74, 6) is -0.550. The van der Waals surface area contributed by atoms with E-state index in [9.17, 15) is 14.0 Å². The number of nitrogens with zero attached hydrogens (tertiary/aromatic N) is 2. The molecule has 0 atom stereocenters. The molecule has 6 nitrogen and oxygen atoms in total. The fourth-order valence-corrected chi connectivity index (χ4v) is 4.09. The SMILES string of the molecule is CCCn1c(SCC(=O)Nc2ccc(F)cc2C)nc2c(oc3ccccc32)c1=O. The van der Waals surface area contributed by atoms with Crippen molar-refractivity contribution in [1.29, 1.82) is 0 Å². The van der Waals surface area contributed by atoms with Crippen LogP contribution in [-0.4, -0.2) is 21.2 Å². The van der Waals surface area contributed by atoms with E-state index in [4.69, 9.17) is 4.42 Å². The second-order valence-electron chi connectivity index (χ2n) is 6.92. The highest BCUT2D eigenvalue weighted by molar-refractivity contribution is 7.99. The highest BCUT2D eigenvalue weighted by Gasteiger charge is 2.18. The molecule has 0 fully saturated rings. The molecule has 0 bridgehead atoms. The maximum Gasteiger partial charge on any atom is 0.297 e. The Balaban J connectivity index is 1.64. The van der Waals surface area contributed by atoms with Gasteiger partial charge in [-0.05, 0) is 49.2 Å². The molecule has 8 heteroatoms. The van der Waals surface area contributed by atoms with E-state index >= 15 is 0 Å². The van der Waals surface area contributed by atoms with Crippen LogP contribution < -0.4 is 10.9 Å². The van der Waals surface area contributed by atoms with Gasteiger partial charge in [0.1, 0.15) is 16.9 Å². The first kappa shape index (κ1) is 20.2. The van der Waals surface area contributed by atoms with E-state index in [0.717, 1.165) is 11.8 Å². The summed E-state index contributed by atoms with van der Waals surface area (Å²) in [6.07, 6.45) is 0.738. The molecule has 4 aromatic rings. The third kappa shape index (κ3) is 3.82. The number of nitrogens with one attached hydrogen (secondary N) is 1. The summed E-state index contributed by atoms with van der Waals surface area (Å²) < 4.78 is 20.5. The number of thioether (sulfide) groups is 1.